The first-order valence-corrected chi connectivity index (χ1v) is 12.4. The van der Waals surface area contributed by atoms with Gasteiger partial charge in [0.2, 0.25) is 5.95 Å². The molecule has 38 heavy (non-hydrogen) atoms. The molecule has 1 aliphatic heterocycles. The summed E-state index contributed by atoms with van der Waals surface area (Å²) in [6.45, 7) is -0.0717. The number of amidine groups is 1. The van der Waals surface area contributed by atoms with Crippen LogP contribution in [0.15, 0.2) is 60.0 Å². The number of piperidine rings is 1. The van der Waals surface area contributed by atoms with E-state index in [0.717, 1.165) is 36.0 Å². The minimum Gasteiger partial charge on any atom is -0.386 e. The van der Waals surface area contributed by atoms with Crippen molar-refractivity contribution < 1.29 is 18.4 Å². The lowest BCUT2D eigenvalue weighted by Gasteiger charge is -2.41. The number of nitrogens with zero attached hydrogens (tertiary/aromatic N) is 5. The van der Waals surface area contributed by atoms with Gasteiger partial charge < -0.3 is 16.4 Å². The van der Waals surface area contributed by atoms with Crippen LogP contribution in [0.25, 0.3) is 11.1 Å². The van der Waals surface area contributed by atoms with E-state index in [2.05, 4.69) is 19.9 Å². The summed E-state index contributed by atoms with van der Waals surface area (Å²) in [5.74, 6) is -3.31. The van der Waals surface area contributed by atoms with E-state index < -0.39 is 23.2 Å². The maximum Gasteiger partial charge on any atom is 0.280 e. The number of aromatic nitrogens is 3. The Bertz CT molecular complexity index is 1360. The third-order valence-corrected chi connectivity index (χ3v) is 7.37. The van der Waals surface area contributed by atoms with Crippen molar-refractivity contribution in [2.24, 2.45) is 10.7 Å². The lowest BCUT2D eigenvalue weighted by molar-refractivity contribution is -0.0495. The number of halogens is 2. The van der Waals surface area contributed by atoms with Crippen LogP contribution in [0.4, 0.5) is 14.7 Å². The van der Waals surface area contributed by atoms with Crippen LogP contribution in [0.1, 0.15) is 58.5 Å². The van der Waals surface area contributed by atoms with Crippen LogP contribution in [0.2, 0.25) is 0 Å². The number of hydrogen-bond acceptors (Lipinski definition) is 6. The second-order valence-corrected chi connectivity index (χ2v) is 9.73. The number of rotatable bonds is 5. The van der Waals surface area contributed by atoms with Gasteiger partial charge in [-0.05, 0) is 36.1 Å². The molecule has 5 rings (SSSR count). The number of carbonyl (C=O) groups excluding carboxylic acids is 2. The van der Waals surface area contributed by atoms with Crippen LogP contribution in [0, 0.1) is 0 Å². The number of hydrogen-bond donors (Lipinski definition) is 2. The minimum absolute atomic E-state index is 0.0359. The van der Waals surface area contributed by atoms with Crippen molar-refractivity contribution in [3.63, 3.8) is 0 Å². The van der Waals surface area contributed by atoms with E-state index in [1.807, 2.05) is 24.3 Å². The van der Waals surface area contributed by atoms with E-state index in [-0.39, 0.29) is 49.0 Å². The van der Waals surface area contributed by atoms with Crippen molar-refractivity contribution >= 4 is 23.6 Å². The normalized spacial score (nSPS) is 18.5. The van der Waals surface area contributed by atoms with Gasteiger partial charge in [0.25, 0.3) is 17.7 Å². The molecule has 0 unspecified atom stereocenters. The lowest BCUT2D eigenvalue weighted by Crippen LogP contribution is -2.47. The minimum atomic E-state index is -2.75. The molecule has 9 nitrogen and oxygen atoms in total. The summed E-state index contributed by atoms with van der Waals surface area (Å²) in [4.78, 5) is 43.2. The van der Waals surface area contributed by atoms with E-state index >= 15 is 0 Å². The Morgan fingerprint density at radius 1 is 0.868 bits per heavy atom. The molecule has 3 heterocycles. The first-order chi connectivity index (χ1) is 18.2. The van der Waals surface area contributed by atoms with Crippen LogP contribution < -0.4 is 11.5 Å². The number of nitrogen functional groups attached to an aromatic ring is 1. The maximum absolute atomic E-state index is 13.4. The first kappa shape index (κ1) is 25.4. The molecular formula is C27H27F2N7O2. The number of benzene rings is 1. The van der Waals surface area contributed by atoms with Crippen LogP contribution in [-0.4, -0.2) is 56.5 Å². The van der Waals surface area contributed by atoms with Crippen molar-refractivity contribution in [2.45, 2.75) is 43.4 Å². The summed E-state index contributed by atoms with van der Waals surface area (Å²) in [5.41, 5.74) is 14.4. The average Bonchev–Trinajstić information content (AvgIpc) is 2.89. The number of amides is 2. The highest BCUT2D eigenvalue weighted by molar-refractivity contribution is 6.06. The Morgan fingerprint density at radius 3 is 2.08 bits per heavy atom. The third-order valence-electron chi connectivity index (χ3n) is 7.37. The van der Waals surface area contributed by atoms with Gasteiger partial charge in [-0.2, -0.15) is 4.99 Å². The van der Waals surface area contributed by atoms with Crippen LogP contribution >= 0.6 is 0 Å². The topological polar surface area (TPSA) is 140 Å². The maximum atomic E-state index is 13.4. The fraction of sp³-hybridized carbons (Fsp3) is 0.333. The average molecular weight is 520 g/mol. The molecule has 2 aromatic heterocycles. The SMILES string of the molecule is NC(=NC(=O)c1ccc(C(=O)N2CCC(F)(F)CC2)nc1)C1(c2ccc(-c3cnc(N)nc3)cc2)CCC1. The number of alkyl halides is 2. The highest BCUT2D eigenvalue weighted by Gasteiger charge is 2.43. The Morgan fingerprint density at radius 2 is 1.53 bits per heavy atom. The number of anilines is 1. The van der Waals surface area contributed by atoms with Crippen molar-refractivity contribution in [2.75, 3.05) is 18.8 Å². The van der Waals surface area contributed by atoms with Gasteiger partial charge in [-0.3, -0.25) is 14.6 Å². The summed E-state index contributed by atoms with van der Waals surface area (Å²) in [5, 5.41) is 0. The van der Waals surface area contributed by atoms with Gasteiger partial charge in [-0.25, -0.2) is 18.7 Å². The van der Waals surface area contributed by atoms with E-state index in [4.69, 9.17) is 11.5 Å². The van der Waals surface area contributed by atoms with Gasteiger partial charge in [0, 0.05) is 50.1 Å². The van der Waals surface area contributed by atoms with Gasteiger partial charge >= 0.3 is 0 Å². The Hall–Kier alpha value is -4.28. The molecule has 0 bridgehead atoms. The van der Waals surface area contributed by atoms with E-state index in [1.54, 1.807) is 12.4 Å². The second kappa shape index (κ2) is 9.88. The molecule has 2 fully saturated rings. The predicted molar refractivity (Wildman–Crippen MR) is 138 cm³/mol. The molecule has 1 aromatic carbocycles. The summed E-state index contributed by atoms with van der Waals surface area (Å²) in [6, 6.07) is 10.7. The largest absolute Gasteiger partial charge is 0.386 e. The molecule has 0 radical (unpaired) electrons. The number of pyridine rings is 1. The molecule has 196 valence electrons. The lowest BCUT2D eigenvalue weighted by atomic mass is 9.63. The first-order valence-electron chi connectivity index (χ1n) is 12.4. The van der Waals surface area contributed by atoms with E-state index in [1.165, 1.54) is 23.2 Å². The molecule has 2 aliphatic rings. The number of carbonyl (C=O) groups is 2. The molecular weight excluding hydrogens is 492 g/mol. The van der Waals surface area contributed by atoms with Crippen molar-refractivity contribution in [3.05, 3.63) is 71.8 Å². The van der Waals surface area contributed by atoms with Crippen molar-refractivity contribution in [3.8, 4) is 11.1 Å². The Kier molecular flexibility index (Phi) is 6.60. The van der Waals surface area contributed by atoms with Crippen molar-refractivity contribution in [1.82, 2.24) is 19.9 Å². The van der Waals surface area contributed by atoms with Gasteiger partial charge in [-0.1, -0.05) is 30.7 Å². The Balaban J connectivity index is 1.29. The fourth-order valence-corrected chi connectivity index (χ4v) is 4.82. The standard InChI is InChI=1S/C27H27F2N7O2/c28-27(29)10-12-36(13-11-27)23(38)21-7-4-18(14-32-21)22(37)35-24(30)26(8-1-9-26)20-5-2-17(3-6-20)19-15-33-25(31)34-16-19/h2-7,14-16H,1,8-13H2,(H2,30,35,37)(H2,31,33,34). The van der Waals surface area contributed by atoms with Crippen molar-refractivity contribution in [1.29, 1.82) is 0 Å². The van der Waals surface area contributed by atoms with E-state index in [0.29, 0.717) is 0 Å². The monoisotopic (exact) mass is 519 g/mol. The summed E-state index contributed by atoms with van der Waals surface area (Å²) in [7, 11) is 0. The molecule has 1 aliphatic carbocycles. The Labute approximate surface area is 218 Å². The van der Waals surface area contributed by atoms with Gasteiger partial charge in [0.15, 0.2) is 0 Å². The summed E-state index contributed by atoms with van der Waals surface area (Å²) >= 11 is 0. The fourth-order valence-electron chi connectivity index (χ4n) is 4.82. The van der Waals surface area contributed by atoms with Crippen LogP contribution in [0.3, 0.4) is 0 Å². The van der Waals surface area contributed by atoms with Gasteiger partial charge in [0.05, 0.1) is 11.0 Å². The zero-order valence-electron chi connectivity index (χ0n) is 20.6. The van der Waals surface area contributed by atoms with Crippen LogP contribution in [0.5, 0.6) is 0 Å². The molecule has 0 spiro atoms. The summed E-state index contributed by atoms with van der Waals surface area (Å²) < 4.78 is 26.8. The van der Waals surface area contributed by atoms with Gasteiger partial charge in [0.1, 0.15) is 11.5 Å². The zero-order valence-corrected chi connectivity index (χ0v) is 20.6. The second-order valence-electron chi connectivity index (χ2n) is 9.73. The molecule has 3 aromatic rings. The molecule has 11 heteroatoms. The van der Waals surface area contributed by atoms with Gasteiger partial charge in [-0.15, -0.1) is 0 Å². The number of likely N-dealkylation sites (tertiary alicyclic amines) is 1. The molecule has 4 N–H and O–H groups in total. The number of nitrogens with two attached hydrogens (primary N) is 2. The highest BCUT2D eigenvalue weighted by Crippen LogP contribution is 2.44. The smallest absolute Gasteiger partial charge is 0.280 e. The van der Waals surface area contributed by atoms with E-state index in [9.17, 15) is 18.4 Å². The molecule has 0 atom stereocenters. The molecule has 1 saturated carbocycles. The summed E-state index contributed by atoms with van der Waals surface area (Å²) in [6.07, 6.45) is 6.32. The highest BCUT2D eigenvalue weighted by atomic mass is 19.3. The third kappa shape index (κ3) is 4.96. The molecule has 2 amide bonds. The van der Waals surface area contributed by atoms with Crippen LogP contribution in [-0.2, 0) is 5.41 Å². The zero-order chi connectivity index (χ0) is 26.9. The predicted octanol–water partition coefficient (Wildman–Crippen LogP) is 3.61. The number of aliphatic imine (C=N–C) groups is 1. The molecule has 1 saturated heterocycles. The quantitative estimate of drug-likeness (QED) is 0.388.